The number of anilines is 6. The van der Waals surface area contributed by atoms with Crippen LogP contribution in [0.1, 0.15) is 22.3 Å². The first kappa shape index (κ1) is 27.5. The molecule has 0 saturated heterocycles. The van der Waals surface area contributed by atoms with Crippen LogP contribution in [0.4, 0.5) is 34.1 Å². The molecule has 0 saturated carbocycles. The molecular weight excluding hydrogens is 569 g/mol. The van der Waals surface area contributed by atoms with Crippen LogP contribution in [0.25, 0.3) is 33.4 Å². The molecule has 0 atom stereocenters. The number of nitrogens with zero attached hydrogens (tertiary/aromatic N) is 2. The summed E-state index contributed by atoms with van der Waals surface area (Å²) >= 11 is 0. The normalized spacial score (nSPS) is 12.7. The maximum atomic E-state index is 2.44. The smallest absolute Gasteiger partial charge is 0.0706 e. The maximum Gasteiger partial charge on any atom is 0.0706 e. The summed E-state index contributed by atoms with van der Waals surface area (Å²) in [6.45, 7) is 4.36. The lowest BCUT2D eigenvalue weighted by molar-refractivity contribution is 1.16. The monoisotopic (exact) mass is 602 g/mol. The zero-order chi connectivity index (χ0) is 31.5. The molecule has 0 fully saturated rings. The van der Waals surface area contributed by atoms with Crippen LogP contribution in [0.3, 0.4) is 0 Å². The average Bonchev–Trinajstić information content (AvgIpc) is 3.50. The minimum atomic E-state index is 0.982. The summed E-state index contributed by atoms with van der Waals surface area (Å²) in [6.07, 6.45) is 0.982. The Kier molecular flexibility index (Phi) is 6.36. The minimum absolute atomic E-state index is 0.982. The number of fused-ring (bicyclic) bond motifs is 5. The number of rotatable bonds is 4. The molecule has 7 aromatic rings. The van der Waals surface area contributed by atoms with Crippen molar-refractivity contribution in [3.8, 4) is 33.4 Å². The average molecular weight is 603 g/mol. The molecule has 1 aliphatic heterocycles. The molecule has 0 bridgehead atoms. The van der Waals surface area contributed by atoms with Crippen LogP contribution in [-0.2, 0) is 6.42 Å². The second-order valence-electron chi connectivity index (χ2n) is 12.8. The number of hydrogen-bond acceptors (Lipinski definition) is 2. The van der Waals surface area contributed by atoms with Gasteiger partial charge in [0.2, 0.25) is 0 Å². The third kappa shape index (κ3) is 4.56. The topological polar surface area (TPSA) is 6.48 Å². The van der Waals surface area contributed by atoms with Gasteiger partial charge in [-0.25, -0.2) is 0 Å². The third-order valence-electron chi connectivity index (χ3n) is 9.72. The first-order valence-electron chi connectivity index (χ1n) is 16.4. The minimum Gasteiger partial charge on any atom is -0.306 e. The summed E-state index contributed by atoms with van der Waals surface area (Å²) in [5.74, 6) is 0. The van der Waals surface area contributed by atoms with Gasteiger partial charge < -0.3 is 9.80 Å². The summed E-state index contributed by atoms with van der Waals surface area (Å²) in [4.78, 5) is 4.86. The van der Waals surface area contributed by atoms with E-state index in [0.29, 0.717) is 0 Å². The molecule has 7 aromatic carbocycles. The molecule has 0 N–H and O–H groups in total. The van der Waals surface area contributed by atoms with E-state index >= 15 is 0 Å². The SMILES string of the molecule is Cc1ccc2c(c1)N(c1cccc(-c3ccccc3)c1)c1cc(C)ccc1N2c1ccc(-c2cccc3c2Cc2ccccc2-3)cc1. The van der Waals surface area contributed by atoms with Crippen molar-refractivity contribution in [1.82, 2.24) is 0 Å². The molecule has 0 radical (unpaired) electrons. The molecule has 1 heterocycles. The van der Waals surface area contributed by atoms with Gasteiger partial charge >= 0.3 is 0 Å². The van der Waals surface area contributed by atoms with Crippen molar-refractivity contribution < 1.29 is 0 Å². The van der Waals surface area contributed by atoms with E-state index in [1.165, 1.54) is 78.4 Å². The first-order chi connectivity index (χ1) is 23.1. The highest BCUT2D eigenvalue weighted by molar-refractivity contribution is 6.02. The molecule has 0 unspecified atom stereocenters. The van der Waals surface area contributed by atoms with Crippen molar-refractivity contribution in [1.29, 1.82) is 0 Å². The van der Waals surface area contributed by atoms with E-state index in [9.17, 15) is 0 Å². The van der Waals surface area contributed by atoms with Gasteiger partial charge in [0.25, 0.3) is 0 Å². The van der Waals surface area contributed by atoms with Crippen LogP contribution < -0.4 is 9.80 Å². The summed E-state index contributed by atoms with van der Waals surface area (Å²) < 4.78 is 0. The van der Waals surface area contributed by atoms with Crippen molar-refractivity contribution in [2.24, 2.45) is 0 Å². The standard InChI is InChI=1S/C45H34N2/c1-30-18-24-42-44(26-30)47(37-14-8-13-34(28-37)32-10-4-3-5-11-32)45-27-31(2)19-25-43(45)46(42)36-22-20-33(21-23-36)38-16-9-17-40-39-15-7-6-12-35(39)29-41(38)40/h3-28H,29H2,1-2H3. The predicted molar refractivity (Wildman–Crippen MR) is 198 cm³/mol. The van der Waals surface area contributed by atoms with Crippen molar-refractivity contribution in [2.75, 3.05) is 9.80 Å². The predicted octanol–water partition coefficient (Wildman–Crippen LogP) is 12.5. The quantitative estimate of drug-likeness (QED) is 0.198. The summed E-state index contributed by atoms with van der Waals surface area (Å²) in [7, 11) is 0. The third-order valence-corrected chi connectivity index (χ3v) is 9.72. The van der Waals surface area contributed by atoms with Gasteiger partial charge in [-0.2, -0.15) is 0 Å². The van der Waals surface area contributed by atoms with Crippen LogP contribution >= 0.6 is 0 Å². The van der Waals surface area contributed by atoms with Gasteiger partial charge in [0.05, 0.1) is 22.7 Å². The van der Waals surface area contributed by atoms with Gasteiger partial charge in [0, 0.05) is 11.4 Å². The summed E-state index contributed by atoms with van der Waals surface area (Å²) in [6, 6.07) is 57.9. The number of hydrogen-bond donors (Lipinski definition) is 0. The van der Waals surface area contributed by atoms with E-state index in [-0.39, 0.29) is 0 Å². The molecular formula is C45H34N2. The molecule has 9 rings (SSSR count). The molecule has 1 aliphatic carbocycles. The fourth-order valence-corrected chi connectivity index (χ4v) is 7.49. The van der Waals surface area contributed by atoms with Crippen LogP contribution in [0.5, 0.6) is 0 Å². The van der Waals surface area contributed by atoms with Gasteiger partial charge in [0.15, 0.2) is 0 Å². The van der Waals surface area contributed by atoms with E-state index in [0.717, 1.165) is 17.8 Å². The molecule has 2 aliphatic rings. The molecule has 0 spiro atoms. The summed E-state index contributed by atoms with van der Waals surface area (Å²) in [5, 5.41) is 0. The zero-order valence-corrected chi connectivity index (χ0v) is 26.6. The Morgan fingerprint density at radius 2 is 0.979 bits per heavy atom. The molecule has 2 nitrogen and oxygen atoms in total. The number of benzene rings is 7. The van der Waals surface area contributed by atoms with E-state index in [1.807, 2.05) is 0 Å². The van der Waals surface area contributed by atoms with Gasteiger partial charge in [-0.1, -0.05) is 109 Å². The molecule has 0 amide bonds. The Hall–Kier alpha value is -5.86. The summed E-state index contributed by atoms with van der Waals surface area (Å²) in [5.41, 5.74) is 20.0. The van der Waals surface area contributed by atoms with E-state index in [2.05, 4.69) is 181 Å². The Morgan fingerprint density at radius 3 is 1.72 bits per heavy atom. The first-order valence-corrected chi connectivity index (χ1v) is 16.4. The molecule has 0 aromatic heterocycles. The van der Waals surface area contributed by atoms with Crippen LogP contribution in [0.2, 0.25) is 0 Å². The molecule has 224 valence electrons. The van der Waals surface area contributed by atoms with E-state index in [1.54, 1.807) is 0 Å². The fourth-order valence-electron chi connectivity index (χ4n) is 7.49. The Bertz CT molecular complexity index is 2250. The fraction of sp³-hybridized carbons (Fsp3) is 0.0667. The van der Waals surface area contributed by atoms with Crippen molar-refractivity contribution in [2.45, 2.75) is 20.3 Å². The van der Waals surface area contributed by atoms with E-state index in [4.69, 9.17) is 0 Å². The van der Waals surface area contributed by atoms with Crippen molar-refractivity contribution >= 4 is 34.1 Å². The Balaban J connectivity index is 1.16. The second kappa shape index (κ2) is 10.9. The lowest BCUT2D eigenvalue weighted by atomic mass is 9.95. The van der Waals surface area contributed by atoms with Crippen molar-refractivity contribution in [3.63, 3.8) is 0 Å². The van der Waals surface area contributed by atoms with Crippen LogP contribution in [0.15, 0.2) is 158 Å². The van der Waals surface area contributed by atoms with Crippen molar-refractivity contribution in [3.05, 3.63) is 180 Å². The maximum absolute atomic E-state index is 2.44. The van der Waals surface area contributed by atoms with Gasteiger partial charge in [-0.15, -0.1) is 0 Å². The zero-order valence-electron chi connectivity index (χ0n) is 26.6. The van der Waals surface area contributed by atoms with Gasteiger partial charge in [-0.05, 0) is 124 Å². The van der Waals surface area contributed by atoms with Gasteiger partial charge in [-0.3, -0.25) is 0 Å². The highest BCUT2D eigenvalue weighted by Gasteiger charge is 2.31. The highest BCUT2D eigenvalue weighted by atomic mass is 15.3. The second-order valence-corrected chi connectivity index (χ2v) is 12.8. The lowest BCUT2D eigenvalue weighted by Gasteiger charge is -2.41. The largest absolute Gasteiger partial charge is 0.306 e. The Labute approximate surface area is 276 Å². The number of aryl methyl sites for hydroxylation is 2. The molecule has 2 heteroatoms. The van der Waals surface area contributed by atoms with Crippen LogP contribution in [0, 0.1) is 13.8 Å². The van der Waals surface area contributed by atoms with Gasteiger partial charge in [0.1, 0.15) is 0 Å². The lowest BCUT2D eigenvalue weighted by Crippen LogP contribution is -2.24. The Morgan fingerprint density at radius 1 is 0.383 bits per heavy atom. The van der Waals surface area contributed by atoms with E-state index < -0.39 is 0 Å². The molecule has 47 heavy (non-hydrogen) atoms. The van der Waals surface area contributed by atoms with Crippen LogP contribution in [-0.4, -0.2) is 0 Å². The highest BCUT2D eigenvalue weighted by Crippen LogP contribution is 2.55.